The van der Waals surface area contributed by atoms with Gasteiger partial charge in [0.05, 0.1) is 23.2 Å². The van der Waals surface area contributed by atoms with Crippen LogP contribution < -0.4 is 16.7 Å². The van der Waals surface area contributed by atoms with Crippen molar-refractivity contribution in [3.05, 3.63) is 62.5 Å². The molecule has 0 aliphatic carbocycles. The second kappa shape index (κ2) is 5.36. The van der Waals surface area contributed by atoms with Gasteiger partial charge in [-0.25, -0.2) is 5.84 Å². The van der Waals surface area contributed by atoms with Crippen molar-refractivity contribution in [1.82, 2.24) is 9.99 Å². The van der Waals surface area contributed by atoms with Crippen molar-refractivity contribution in [2.24, 2.45) is 5.84 Å². The van der Waals surface area contributed by atoms with E-state index >= 15 is 0 Å². The average molecular weight is 278 g/mol. The lowest BCUT2D eigenvalue weighted by Crippen LogP contribution is -2.29. The minimum absolute atomic E-state index is 0.138. The van der Waals surface area contributed by atoms with E-state index in [-0.39, 0.29) is 12.1 Å². The number of furan rings is 1. The van der Waals surface area contributed by atoms with Crippen LogP contribution in [0.4, 0.5) is 5.69 Å². The molecule has 2 aromatic heterocycles. The molecule has 0 spiro atoms. The van der Waals surface area contributed by atoms with Crippen molar-refractivity contribution in [3.8, 4) is 0 Å². The number of hydrogen-bond acceptors (Lipinski definition) is 6. The summed E-state index contributed by atoms with van der Waals surface area (Å²) in [6, 6.07) is 2.54. The maximum atomic E-state index is 11.3. The maximum absolute atomic E-state index is 11.3. The molecule has 2 rings (SSSR count). The lowest BCUT2D eigenvalue weighted by molar-refractivity contribution is -0.386. The number of nitrogen functional groups attached to an aromatic ring is 1. The zero-order valence-electron chi connectivity index (χ0n) is 10.1. The Morgan fingerprint density at radius 1 is 1.55 bits per heavy atom. The third-order valence-corrected chi connectivity index (χ3v) is 2.54. The Hall–Kier alpha value is -2.94. The molecule has 104 valence electrons. The first-order valence-electron chi connectivity index (χ1n) is 5.44. The number of nitrogens with two attached hydrogens (primary N) is 1. The van der Waals surface area contributed by atoms with E-state index in [1.807, 2.05) is 5.43 Å². The van der Waals surface area contributed by atoms with Crippen LogP contribution in [0.2, 0.25) is 0 Å². The summed E-state index contributed by atoms with van der Waals surface area (Å²) < 4.78 is 6.54. The second-order valence-corrected chi connectivity index (χ2v) is 3.90. The van der Waals surface area contributed by atoms with Gasteiger partial charge in [-0.15, -0.1) is 0 Å². The molecule has 0 aliphatic heterocycles. The maximum Gasteiger partial charge on any atom is 0.332 e. The number of rotatable bonds is 4. The Balaban J connectivity index is 2.24. The standard InChI is InChI=1S/C11H10N4O5/c12-13-11(17)7-3-8(20-6-7)4-14-2-1-10(16)9(5-14)15(18)19/h1-3,5-6H,4,12H2,(H,13,17). The number of nitro groups is 1. The van der Waals surface area contributed by atoms with Gasteiger partial charge in [0.1, 0.15) is 12.0 Å². The number of carbonyl (C=O) groups excluding carboxylic acids is 1. The third kappa shape index (κ3) is 2.72. The number of hydrazine groups is 1. The summed E-state index contributed by atoms with van der Waals surface area (Å²) in [5.74, 6) is 4.86. The number of amides is 1. The Labute approximate surface area is 111 Å². The third-order valence-electron chi connectivity index (χ3n) is 2.54. The number of nitrogens with zero attached hydrogens (tertiary/aromatic N) is 2. The highest BCUT2D eigenvalue weighted by molar-refractivity contribution is 5.93. The first-order valence-corrected chi connectivity index (χ1v) is 5.44. The fourth-order valence-corrected chi connectivity index (χ4v) is 1.59. The van der Waals surface area contributed by atoms with Gasteiger partial charge in [0.15, 0.2) is 0 Å². The minimum atomic E-state index is -0.756. The average Bonchev–Trinajstić information content (AvgIpc) is 2.88. The summed E-state index contributed by atoms with van der Waals surface area (Å²) in [4.78, 5) is 32.4. The molecule has 0 unspecified atom stereocenters. The van der Waals surface area contributed by atoms with Crippen molar-refractivity contribution in [1.29, 1.82) is 0 Å². The van der Waals surface area contributed by atoms with Crippen LogP contribution in [0.3, 0.4) is 0 Å². The highest BCUT2D eigenvalue weighted by Gasteiger charge is 2.13. The first kappa shape index (κ1) is 13.5. The molecule has 2 heterocycles. The van der Waals surface area contributed by atoms with E-state index in [0.717, 1.165) is 12.3 Å². The van der Waals surface area contributed by atoms with Crippen LogP contribution in [0.25, 0.3) is 0 Å². The van der Waals surface area contributed by atoms with Crippen LogP contribution in [0.15, 0.2) is 40.0 Å². The highest BCUT2D eigenvalue weighted by Crippen LogP contribution is 2.11. The van der Waals surface area contributed by atoms with Crippen molar-refractivity contribution in [2.45, 2.75) is 6.54 Å². The predicted molar refractivity (Wildman–Crippen MR) is 66.8 cm³/mol. The van der Waals surface area contributed by atoms with Gasteiger partial charge in [-0.3, -0.25) is 25.1 Å². The van der Waals surface area contributed by atoms with E-state index in [0.29, 0.717) is 5.76 Å². The SMILES string of the molecule is NNC(=O)c1coc(Cn2ccc(=O)c([N+](=O)[O-])c2)c1. The summed E-state index contributed by atoms with van der Waals surface area (Å²) in [7, 11) is 0. The quantitative estimate of drug-likeness (QED) is 0.350. The number of hydrogen-bond donors (Lipinski definition) is 2. The van der Waals surface area contributed by atoms with Crippen molar-refractivity contribution >= 4 is 11.6 Å². The molecule has 0 bridgehead atoms. The first-order chi connectivity index (χ1) is 9.51. The molecule has 3 N–H and O–H groups in total. The van der Waals surface area contributed by atoms with Crippen LogP contribution in [0.1, 0.15) is 16.1 Å². The molecule has 0 radical (unpaired) electrons. The van der Waals surface area contributed by atoms with Crippen molar-refractivity contribution < 1.29 is 14.1 Å². The molecule has 0 saturated carbocycles. The normalized spacial score (nSPS) is 10.2. The van der Waals surface area contributed by atoms with Crippen molar-refractivity contribution in [3.63, 3.8) is 0 Å². The molecule has 2 aromatic rings. The Morgan fingerprint density at radius 2 is 2.30 bits per heavy atom. The van der Waals surface area contributed by atoms with E-state index in [1.165, 1.54) is 23.1 Å². The van der Waals surface area contributed by atoms with E-state index in [2.05, 4.69) is 0 Å². The number of aromatic nitrogens is 1. The van der Waals surface area contributed by atoms with E-state index < -0.39 is 21.9 Å². The fraction of sp³-hybridized carbons (Fsp3) is 0.0909. The van der Waals surface area contributed by atoms with E-state index in [9.17, 15) is 19.7 Å². The van der Waals surface area contributed by atoms with Gasteiger partial charge >= 0.3 is 5.69 Å². The molecule has 0 saturated heterocycles. The van der Waals surface area contributed by atoms with Gasteiger partial charge < -0.3 is 8.98 Å². The van der Waals surface area contributed by atoms with Gasteiger partial charge in [-0.2, -0.15) is 0 Å². The zero-order chi connectivity index (χ0) is 14.7. The van der Waals surface area contributed by atoms with Gasteiger partial charge in [0.2, 0.25) is 0 Å². The Bertz CT molecular complexity index is 718. The smallest absolute Gasteiger partial charge is 0.332 e. The predicted octanol–water partition coefficient (Wildman–Crippen LogP) is 0.00130. The topological polar surface area (TPSA) is 133 Å². The zero-order valence-corrected chi connectivity index (χ0v) is 10.1. The molecule has 9 heteroatoms. The van der Waals surface area contributed by atoms with Crippen LogP contribution >= 0.6 is 0 Å². The number of nitrogens with one attached hydrogen (secondary N) is 1. The molecule has 0 aliphatic rings. The largest absolute Gasteiger partial charge is 0.467 e. The summed E-state index contributed by atoms with van der Waals surface area (Å²) >= 11 is 0. The molecular formula is C11H10N4O5. The molecule has 1 amide bonds. The van der Waals surface area contributed by atoms with Crippen LogP contribution in [-0.2, 0) is 6.54 Å². The fourth-order valence-electron chi connectivity index (χ4n) is 1.59. The summed E-state index contributed by atoms with van der Waals surface area (Å²) in [6.07, 6.45) is 3.71. The highest BCUT2D eigenvalue weighted by atomic mass is 16.6. The number of carbonyl (C=O) groups is 1. The number of pyridine rings is 1. The lowest BCUT2D eigenvalue weighted by atomic mass is 10.3. The molecule has 20 heavy (non-hydrogen) atoms. The van der Waals surface area contributed by atoms with Gasteiger partial charge in [-0.05, 0) is 6.07 Å². The van der Waals surface area contributed by atoms with Crippen LogP contribution in [0, 0.1) is 10.1 Å². The molecule has 0 fully saturated rings. The van der Waals surface area contributed by atoms with E-state index in [4.69, 9.17) is 10.3 Å². The molecular weight excluding hydrogens is 268 g/mol. The Morgan fingerprint density at radius 3 is 2.95 bits per heavy atom. The van der Waals surface area contributed by atoms with Gasteiger partial charge in [0.25, 0.3) is 11.3 Å². The van der Waals surface area contributed by atoms with Crippen LogP contribution in [-0.4, -0.2) is 15.4 Å². The summed E-state index contributed by atoms with van der Waals surface area (Å²) in [5.41, 5.74) is 0.987. The summed E-state index contributed by atoms with van der Waals surface area (Å²) in [5, 5.41) is 10.7. The molecule has 9 nitrogen and oxygen atoms in total. The van der Waals surface area contributed by atoms with Gasteiger partial charge in [0, 0.05) is 12.3 Å². The van der Waals surface area contributed by atoms with Gasteiger partial charge in [-0.1, -0.05) is 0 Å². The monoisotopic (exact) mass is 278 g/mol. The summed E-state index contributed by atoms with van der Waals surface area (Å²) in [6.45, 7) is 0.138. The minimum Gasteiger partial charge on any atom is -0.467 e. The molecule has 0 aromatic carbocycles. The molecule has 0 atom stereocenters. The second-order valence-electron chi connectivity index (χ2n) is 3.90. The van der Waals surface area contributed by atoms with E-state index in [1.54, 1.807) is 0 Å². The Kier molecular flexibility index (Phi) is 3.62. The van der Waals surface area contributed by atoms with Crippen molar-refractivity contribution in [2.75, 3.05) is 0 Å². The van der Waals surface area contributed by atoms with Crippen LogP contribution in [0.5, 0.6) is 0 Å². The lowest BCUT2D eigenvalue weighted by Gasteiger charge is -2.02.